The number of esters is 1. The van der Waals surface area contributed by atoms with E-state index in [9.17, 15) is 9.59 Å². The molecule has 0 aliphatic heterocycles. The largest absolute Gasteiger partial charge is 0.463 e. The fourth-order valence-electron chi connectivity index (χ4n) is 2.57. The lowest BCUT2D eigenvalue weighted by molar-refractivity contribution is -0.137. The second-order valence-corrected chi connectivity index (χ2v) is 5.42. The van der Waals surface area contributed by atoms with Crippen molar-refractivity contribution < 1.29 is 14.3 Å². The Morgan fingerprint density at radius 1 is 1.29 bits per heavy atom. The molecule has 2 rings (SSSR count). The molecular weight excluding hydrogens is 264 g/mol. The zero-order valence-corrected chi connectivity index (χ0v) is 12.5. The predicted molar refractivity (Wildman–Crippen MR) is 82.0 cm³/mol. The van der Waals surface area contributed by atoms with Gasteiger partial charge in [0.15, 0.2) is 5.78 Å². The Morgan fingerprint density at radius 3 is 2.76 bits per heavy atom. The SMILES string of the molecule is CCOC(=O)/C=C/CCCC1CC1C(=O)c1ccccc1. The van der Waals surface area contributed by atoms with Gasteiger partial charge >= 0.3 is 5.97 Å². The quantitative estimate of drug-likeness (QED) is 0.316. The lowest BCUT2D eigenvalue weighted by atomic mass is 10.0. The van der Waals surface area contributed by atoms with Crippen LogP contribution in [0.5, 0.6) is 0 Å². The first-order valence-corrected chi connectivity index (χ1v) is 7.65. The molecule has 3 nitrogen and oxygen atoms in total. The summed E-state index contributed by atoms with van der Waals surface area (Å²) in [5.74, 6) is 0.735. The van der Waals surface area contributed by atoms with Gasteiger partial charge in [0.2, 0.25) is 0 Å². The Morgan fingerprint density at radius 2 is 2.05 bits per heavy atom. The van der Waals surface area contributed by atoms with Crippen LogP contribution >= 0.6 is 0 Å². The van der Waals surface area contributed by atoms with Crippen molar-refractivity contribution in [3.8, 4) is 0 Å². The van der Waals surface area contributed by atoms with Gasteiger partial charge in [-0.15, -0.1) is 0 Å². The van der Waals surface area contributed by atoms with E-state index in [0.29, 0.717) is 12.5 Å². The highest BCUT2D eigenvalue weighted by Crippen LogP contribution is 2.44. The Balaban J connectivity index is 1.64. The van der Waals surface area contributed by atoms with Gasteiger partial charge in [0.1, 0.15) is 0 Å². The summed E-state index contributed by atoms with van der Waals surface area (Å²) in [6.07, 6.45) is 7.28. The van der Waals surface area contributed by atoms with Crippen LogP contribution < -0.4 is 0 Å². The van der Waals surface area contributed by atoms with Crippen LogP contribution in [0.15, 0.2) is 42.5 Å². The first-order chi connectivity index (χ1) is 10.2. The van der Waals surface area contributed by atoms with E-state index in [1.165, 1.54) is 6.08 Å². The molecule has 1 aliphatic carbocycles. The third-order valence-electron chi connectivity index (χ3n) is 3.80. The van der Waals surface area contributed by atoms with E-state index in [-0.39, 0.29) is 17.7 Å². The highest BCUT2D eigenvalue weighted by Gasteiger charge is 2.41. The number of carbonyl (C=O) groups is 2. The van der Waals surface area contributed by atoms with Crippen molar-refractivity contribution in [1.82, 2.24) is 0 Å². The van der Waals surface area contributed by atoms with Crippen molar-refractivity contribution in [2.45, 2.75) is 32.6 Å². The molecule has 1 aromatic carbocycles. The number of ketones is 1. The van der Waals surface area contributed by atoms with Crippen LogP contribution in [-0.4, -0.2) is 18.4 Å². The molecule has 1 aliphatic rings. The smallest absolute Gasteiger partial charge is 0.330 e. The third-order valence-corrected chi connectivity index (χ3v) is 3.80. The number of unbranched alkanes of at least 4 members (excludes halogenated alkanes) is 1. The monoisotopic (exact) mass is 286 g/mol. The van der Waals surface area contributed by atoms with Crippen molar-refractivity contribution in [3.05, 3.63) is 48.0 Å². The van der Waals surface area contributed by atoms with Gasteiger partial charge in [0.05, 0.1) is 6.61 Å². The summed E-state index contributed by atoms with van der Waals surface area (Å²) in [6, 6.07) is 9.52. The number of hydrogen-bond acceptors (Lipinski definition) is 3. The Bertz CT molecular complexity index is 504. The summed E-state index contributed by atoms with van der Waals surface area (Å²) < 4.78 is 4.81. The van der Waals surface area contributed by atoms with Gasteiger partial charge in [-0.05, 0) is 38.5 Å². The van der Waals surface area contributed by atoms with Gasteiger partial charge in [-0.1, -0.05) is 36.4 Å². The van der Waals surface area contributed by atoms with Crippen LogP contribution in [0.3, 0.4) is 0 Å². The maximum Gasteiger partial charge on any atom is 0.330 e. The molecule has 0 bridgehead atoms. The topological polar surface area (TPSA) is 43.4 Å². The number of ether oxygens (including phenoxy) is 1. The summed E-state index contributed by atoms with van der Waals surface area (Å²) in [6.45, 7) is 2.21. The van der Waals surface area contributed by atoms with Gasteiger partial charge in [0.25, 0.3) is 0 Å². The normalized spacial score (nSPS) is 20.4. The Kier molecular flexibility index (Phi) is 5.73. The van der Waals surface area contributed by atoms with Crippen LogP contribution in [0.1, 0.15) is 43.0 Å². The van der Waals surface area contributed by atoms with Crippen molar-refractivity contribution in [1.29, 1.82) is 0 Å². The minimum atomic E-state index is -0.277. The molecule has 1 aromatic rings. The molecule has 0 heterocycles. The number of carbonyl (C=O) groups excluding carboxylic acids is 2. The van der Waals surface area contributed by atoms with Gasteiger partial charge in [0, 0.05) is 17.6 Å². The summed E-state index contributed by atoms with van der Waals surface area (Å²) in [4.78, 5) is 23.3. The molecule has 0 aromatic heterocycles. The second-order valence-electron chi connectivity index (χ2n) is 5.42. The molecule has 0 N–H and O–H groups in total. The van der Waals surface area contributed by atoms with E-state index in [1.807, 2.05) is 36.4 Å². The fraction of sp³-hybridized carbons (Fsp3) is 0.444. The van der Waals surface area contributed by atoms with Crippen molar-refractivity contribution in [2.75, 3.05) is 6.61 Å². The molecule has 0 saturated heterocycles. The van der Waals surface area contributed by atoms with E-state index >= 15 is 0 Å². The molecule has 2 unspecified atom stereocenters. The molecule has 1 saturated carbocycles. The first kappa shape index (κ1) is 15.5. The van der Waals surface area contributed by atoms with E-state index in [1.54, 1.807) is 6.92 Å². The van der Waals surface area contributed by atoms with Crippen LogP contribution in [0.2, 0.25) is 0 Å². The molecule has 1 fully saturated rings. The van der Waals surface area contributed by atoms with E-state index in [0.717, 1.165) is 31.2 Å². The average Bonchev–Trinajstić information content (AvgIpc) is 3.27. The molecular formula is C18H22O3. The highest BCUT2D eigenvalue weighted by molar-refractivity contribution is 5.99. The first-order valence-electron chi connectivity index (χ1n) is 7.65. The van der Waals surface area contributed by atoms with E-state index in [2.05, 4.69) is 0 Å². The summed E-state index contributed by atoms with van der Waals surface area (Å²) in [5, 5.41) is 0. The Labute approximate surface area is 126 Å². The second kappa shape index (κ2) is 7.77. The van der Waals surface area contributed by atoms with Gasteiger partial charge in [-0.2, -0.15) is 0 Å². The Hall–Kier alpha value is -1.90. The number of Topliss-reactive ketones (excluding diaryl/α,β-unsaturated/α-hetero) is 1. The van der Waals surface area contributed by atoms with Gasteiger partial charge in [-0.3, -0.25) is 4.79 Å². The standard InChI is InChI=1S/C18H22O3/c1-2-21-17(19)12-8-4-7-11-15-13-16(15)18(20)14-9-5-3-6-10-14/h3,5-6,8-10,12,15-16H,2,4,7,11,13H2,1H3/b12-8+. The lowest BCUT2D eigenvalue weighted by Gasteiger charge is -2.00. The average molecular weight is 286 g/mol. The van der Waals surface area contributed by atoms with Crippen LogP contribution in [-0.2, 0) is 9.53 Å². The minimum absolute atomic E-state index is 0.210. The molecule has 21 heavy (non-hydrogen) atoms. The van der Waals surface area contributed by atoms with Crippen LogP contribution in [0.4, 0.5) is 0 Å². The minimum Gasteiger partial charge on any atom is -0.463 e. The highest BCUT2D eigenvalue weighted by atomic mass is 16.5. The predicted octanol–water partition coefficient (Wildman–Crippen LogP) is 3.80. The molecule has 0 amide bonds. The number of hydrogen-bond donors (Lipinski definition) is 0. The summed E-state index contributed by atoms with van der Waals surface area (Å²) >= 11 is 0. The van der Waals surface area contributed by atoms with Crippen LogP contribution in [0, 0.1) is 11.8 Å². The zero-order chi connectivity index (χ0) is 15.1. The van der Waals surface area contributed by atoms with Crippen LogP contribution in [0.25, 0.3) is 0 Å². The third kappa shape index (κ3) is 4.85. The number of benzene rings is 1. The maximum atomic E-state index is 12.2. The van der Waals surface area contributed by atoms with Gasteiger partial charge in [-0.25, -0.2) is 4.79 Å². The van der Waals surface area contributed by atoms with Crippen molar-refractivity contribution in [2.24, 2.45) is 11.8 Å². The molecule has 2 atom stereocenters. The fourth-order valence-corrected chi connectivity index (χ4v) is 2.57. The molecule has 0 radical (unpaired) electrons. The number of allylic oxidation sites excluding steroid dienone is 1. The summed E-state index contributed by atoms with van der Waals surface area (Å²) in [5.41, 5.74) is 0.826. The lowest BCUT2D eigenvalue weighted by Crippen LogP contribution is -2.03. The number of rotatable bonds is 8. The van der Waals surface area contributed by atoms with Crippen molar-refractivity contribution >= 4 is 11.8 Å². The molecule has 112 valence electrons. The maximum absolute atomic E-state index is 12.2. The summed E-state index contributed by atoms with van der Waals surface area (Å²) in [7, 11) is 0. The molecule has 3 heteroatoms. The van der Waals surface area contributed by atoms with Gasteiger partial charge < -0.3 is 4.74 Å². The molecule has 0 spiro atoms. The van der Waals surface area contributed by atoms with Crippen molar-refractivity contribution in [3.63, 3.8) is 0 Å². The zero-order valence-electron chi connectivity index (χ0n) is 12.5. The van der Waals surface area contributed by atoms with E-state index < -0.39 is 0 Å². The van der Waals surface area contributed by atoms with E-state index in [4.69, 9.17) is 4.74 Å².